The average Bonchev–Trinajstić information content (AvgIpc) is 2.33. The Morgan fingerprint density at radius 3 is 3.60 bits per heavy atom. The quantitative estimate of drug-likeness (QED) is 0.476. The number of hydrogen-bond acceptors (Lipinski definition) is 4. The summed E-state index contributed by atoms with van der Waals surface area (Å²) < 4.78 is 0. The molecule has 0 aromatic heterocycles. The van der Waals surface area contributed by atoms with Crippen LogP contribution in [0.5, 0.6) is 0 Å². The number of rotatable bonds is 0. The zero-order valence-corrected chi connectivity index (χ0v) is 6.19. The Morgan fingerprint density at radius 2 is 2.70 bits per heavy atom. The molecule has 0 saturated carbocycles. The van der Waals surface area contributed by atoms with E-state index in [-0.39, 0.29) is 0 Å². The van der Waals surface area contributed by atoms with E-state index in [1.807, 2.05) is 5.01 Å². The number of nitrogens with zero attached hydrogens (tertiary/aromatic N) is 2. The van der Waals surface area contributed by atoms with Crippen LogP contribution in [-0.4, -0.2) is 22.5 Å². The Kier molecular flexibility index (Phi) is 1.23. The minimum Gasteiger partial charge on any atom is -0.289 e. The van der Waals surface area contributed by atoms with Gasteiger partial charge in [0.05, 0.1) is 4.99 Å². The van der Waals surface area contributed by atoms with Gasteiger partial charge in [-0.25, -0.2) is 0 Å². The molecule has 2 heterocycles. The molecule has 0 radical (unpaired) electrons. The Morgan fingerprint density at radius 1 is 1.80 bits per heavy atom. The minimum atomic E-state index is 0.312. The number of nitrogens with one attached hydrogen (secondary N) is 2. The highest BCUT2D eigenvalue weighted by Crippen LogP contribution is 2.10. The SMILES string of the molecule is S=C1CCC2NN=CN2N1. The summed E-state index contributed by atoms with van der Waals surface area (Å²) in [7, 11) is 0. The number of hydrazine groups is 1. The maximum Gasteiger partial charge on any atom is 0.136 e. The van der Waals surface area contributed by atoms with Crippen molar-refractivity contribution >= 4 is 23.5 Å². The van der Waals surface area contributed by atoms with Gasteiger partial charge in [-0.05, 0) is 6.42 Å². The first-order valence-corrected chi connectivity index (χ1v) is 3.63. The van der Waals surface area contributed by atoms with Crippen molar-refractivity contribution in [2.75, 3.05) is 0 Å². The Balaban J connectivity index is 2.08. The van der Waals surface area contributed by atoms with E-state index in [1.54, 1.807) is 6.34 Å². The second-order valence-corrected chi connectivity index (χ2v) is 2.86. The van der Waals surface area contributed by atoms with Gasteiger partial charge in [0.15, 0.2) is 0 Å². The topological polar surface area (TPSA) is 39.7 Å². The maximum atomic E-state index is 4.99. The van der Waals surface area contributed by atoms with Crippen molar-refractivity contribution in [3.63, 3.8) is 0 Å². The van der Waals surface area contributed by atoms with E-state index in [1.165, 1.54) is 0 Å². The van der Waals surface area contributed by atoms with E-state index < -0.39 is 0 Å². The molecule has 2 N–H and O–H groups in total. The molecule has 5 heteroatoms. The normalized spacial score (nSPS) is 29.4. The van der Waals surface area contributed by atoms with Crippen molar-refractivity contribution in [2.24, 2.45) is 5.10 Å². The summed E-state index contributed by atoms with van der Waals surface area (Å²) >= 11 is 4.99. The maximum absolute atomic E-state index is 4.99. The fraction of sp³-hybridized carbons (Fsp3) is 0.600. The summed E-state index contributed by atoms with van der Waals surface area (Å²) in [4.78, 5) is 0.895. The van der Waals surface area contributed by atoms with Crippen LogP contribution >= 0.6 is 12.2 Å². The van der Waals surface area contributed by atoms with Gasteiger partial charge in [-0.3, -0.25) is 15.9 Å². The third-order valence-electron chi connectivity index (χ3n) is 1.64. The Hall–Kier alpha value is -0.840. The fourth-order valence-electron chi connectivity index (χ4n) is 1.10. The lowest BCUT2D eigenvalue weighted by atomic mass is 10.2. The monoisotopic (exact) mass is 156 g/mol. The van der Waals surface area contributed by atoms with Gasteiger partial charge in [0.25, 0.3) is 0 Å². The summed E-state index contributed by atoms with van der Waals surface area (Å²) in [6.07, 6.45) is 4.01. The predicted molar refractivity (Wildman–Crippen MR) is 42.2 cm³/mol. The molecule has 0 aliphatic carbocycles. The molecular formula is C5H8N4S. The van der Waals surface area contributed by atoms with Crippen LogP contribution in [0.1, 0.15) is 12.8 Å². The van der Waals surface area contributed by atoms with Crippen molar-refractivity contribution in [3.8, 4) is 0 Å². The van der Waals surface area contributed by atoms with Crippen LogP contribution in [0.15, 0.2) is 5.10 Å². The number of fused-ring (bicyclic) bond motifs is 1. The summed E-state index contributed by atoms with van der Waals surface area (Å²) in [5.74, 6) is 0. The summed E-state index contributed by atoms with van der Waals surface area (Å²) in [6.45, 7) is 0. The van der Waals surface area contributed by atoms with E-state index in [9.17, 15) is 0 Å². The van der Waals surface area contributed by atoms with Crippen LogP contribution in [0, 0.1) is 0 Å². The Labute approximate surface area is 64.2 Å². The summed E-state index contributed by atoms with van der Waals surface area (Å²) in [5.41, 5.74) is 5.98. The number of hydrazone groups is 1. The van der Waals surface area contributed by atoms with E-state index in [4.69, 9.17) is 12.2 Å². The lowest BCUT2D eigenvalue weighted by Gasteiger charge is -2.29. The first kappa shape index (κ1) is 5.91. The highest BCUT2D eigenvalue weighted by Gasteiger charge is 2.24. The van der Waals surface area contributed by atoms with Crippen molar-refractivity contribution in [1.82, 2.24) is 15.9 Å². The highest BCUT2D eigenvalue weighted by atomic mass is 32.1. The van der Waals surface area contributed by atoms with Gasteiger partial charge in [0.2, 0.25) is 0 Å². The highest BCUT2D eigenvalue weighted by molar-refractivity contribution is 7.80. The van der Waals surface area contributed by atoms with Crippen LogP contribution < -0.4 is 10.9 Å². The second-order valence-electron chi connectivity index (χ2n) is 2.37. The number of hydrogen-bond donors (Lipinski definition) is 2. The van der Waals surface area contributed by atoms with Crippen LogP contribution in [0.3, 0.4) is 0 Å². The third kappa shape index (κ3) is 0.824. The summed E-state index contributed by atoms with van der Waals surface area (Å²) in [5, 5.41) is 5.79. The van der Waals surface area contributed by atoms with Crippen molar-refractivity contribution < 1.29 is 0 Å². The van der Waals surface area contributed by atoms with Crippen LogP contribution in [0.2, 0.25) is 0 Å². The van der Waals surface area contributed by atoms with E-state index >= 15 is 0 Å². The molecule has 2 rings (SSSR count). The molecule has 4 nitrogen and oxygen atoms in total. The third-order valence-corrected chi connectivity index (χ3v) is 1.94. The summed E-state index contributed by atoms with van der Waals surface area (Å²) in [6, 6.07) is 0. The van der Waals surface area contributed by atoms with Gasteiger partial charge in [-0.1, -0.05) is 12.2 Å². The minimum absolute atomic E-state index is 0.312. The first-order chi connectivity index (χ1) is 4.86. The molecule has 1 unspecified atom stereocenters. The van der Waals surface area contributed by atoms with E-state index in [0.717, 1.165) is 17.8 Å². The van der Waals surface area contributed by atoms with Gasteiger partial charge in [-0.2, -0.15) is 5.10 Å². The molecule has 10 heavy (non-hydrogen) atoms. The predicted octanol–water partition coefficient (Wildman–Crippen LogP) is -0.213. The largest absolute Gasteiger partial charge is 0.289 e. The molecule has 1 saturated heterocycles. The molecule has 1 fully saturated rings. The molecule has 0 amide bonds. The average molecular weight is 156 g/mol. The number of thiocarbonyl (C=S) groups is 1. The molecule has 0 aromatic rings. The van der Waals surface area contributed by atoms with E-state index in [2.05, 4.69) is 16.0 Å². The fourth-order valence-corrected chi connectivity index (χ4v) is 1.33. The molecule has 2 aliphatic rings. The molecule has 1 atom stereocenters. The van der Waals surface area contributed by atoms with Gasteiger partial charge in [0.1, 0.15) is 12.5 Å². The molecule has 0 spiro atoms. The van der Waals surface area contributed by atoms with Crippen LogP contribution in [0.4, 0.5) is 0 Å². The van der Waals surface area contributed by atoms with Gasteiger partial charge >= 0.3 is 0 Å². The van der Waals surface area contributed by atoms with Gasteiger partial charge < -0.3 is 0 Å². The van der Waals surface area contributed by atoms with Crippen molar-refractivity contribution in [2.45, 2.75) is 19.0 Å². The van der Waals surface area contributed by atoms with Gasteiger partial charge in [-0.15, -0.1) is 0 Å². The Bertz CT molecular complexity index is 190. The lowest BCUT2D eigenvalue weighted by molar-refractivity contribution is 0.241. The van der Waals surface area contributed by atoms with Crippen LogP contribution in [0.25, 0.3) is 0 Å². The molecule has 2 aliphatic heterocycles. The zero-order chi connectivity index (χ0) is 6.97. The molecule has 0 bridgehead atoms. The van der Waals surface area contributed by atoms with Gasteiger partial charge in [0, 0.05) is 6.42 Å². The molecule has 54 valence electrons. The van der Waals surface area contributed by atoms with Crippen molar-refractivity contribution in [3.05, 3.63) is 0 Å². The van der Waals surface area contributed by atoms with E-state index in [0.29, 0.717) is 6.17 Å². The lowest BCUT2D eigenvalue weighted by Crippen LogP contribution is -2.52. The second kappa shape index (κ2) is 2.09. The van der Waals surface area contributed by atoms with Crippen molar-refractivity contribution in [1.29, 1.82) is 0 Å². The van der Waals surface area contributed by atoms with Crippen LogP contribution in [-0.2, 0) is 0 Å². The zero-order valence-electron chi connectivity index (χ0n) is 5.37. The molecule has 0 aromatic carbocycles. The smallest absolute Gasteiger partial charge is 0.136 e. The molecular weight excluding hydrogens is 148 g/mol. The first-order valence-electron chi connectivity index (χ1n) is 3.23. The standard InChI is InChI=1S/C5H8N4S/c10-5-2-1-4-7-6-3-9(4)8-5/h3-4,7H,1-2H2,(H,8,10).